The van der Waals surface area contributed by atoms with Crippen molar-refractivity contribution in [2.24, 2.45) is 11.8 Å². The smallest absolute Gasteiger partial charge is 0.0510 e. The number of hydrogen-bond donors (Lipinski definition) is 1. The van der Waals surface area contributed by atoms with Gasteiger partial charge in [0.15, 0.2) is 0 Å². The maximum absolute atomic E-state index is 5.50. The van der Waals surface area contributed by atoms with E-state index in [1.165, 1.54) is 32.5 Å². The Morgan fingerprint density at radius 1 is 1.44 bits per heavy atom. The first-order valence-corrected chi connectivity index (χ1v) is 7.31. The van der Waals surface area contributed by atoms with Crippen LogP contribution in [0.3, 0.4) is 0 Å². The molecule has 1 N–H and O–H groups in total. The van der Waals surface area contributed by atoms with E-state index < -0.39 is 0 Å². The van der Waals surface area contributed by atoms with Crippen molar-refractivity contribution in [1.29, 1.82) is 0 Å². The lowest BCUT2D eigenvalue weighted by atomic mass is 9.98. The Morgan fingerprint density at radius 3 is 2.83 bits per heavy atom. The molecule has 4 heteroatoms. The fourth-order valence-corrected chi connectivity index (χ4v) is 3.37. The van der Waals surface area contributed by atoms with Gasteiger partial charge in [-0.15, -0.1) is 0 Å². The van der Waals surface area contributed by atoms with Crippen LogP contribution in [-0.2, 0) is 4.74 Å². The van der Waals surface area contributed by atoms with Crippen LogP contribution in [0.1, 0.15) is 12.8 Å². The summed E-state index contributed by atoms with van der Waals surface area (Å²) in [5, 5.41) is 3.48. The van der Waals surface area contributed by atoms with Gasteiger partial charge in [0.05, 0.1) is 6.61 Å². The first-order valence-electron chi connectivity index (χ1n) is 7.31. The van der Waals surface area contributed by atoms with Gasteiger partial charge >= 0.3 is 0 Å². The maximum atomic E-state index is 5.50. The third-order valence-electron chi connectivity index (χ3n) is 4.47. The van der Waals surface area contributed by atoms with Gasteiger partial charge in [-0.1, -0.05) is 0 Å². The minimum Gasteiger partial charge on any atom is -0.381 e. The molecule has 0 saturated carbocycles. The Bertz CT molecular complexity index is 243. The second-order valence-electron chi connectivity index (χ2n) is 6.16. The highest BCUT2D eigenvalue weighted by atomic mass is 16.5. The molecular formula is C14H29N3O. The summed E-state index contributed by atoms with van der Waals surface area (Å²) in [5.74, 6) is 1.56. The zero-order valence-electron chi connectivity index (χ0n) is 12.2. The van der Waals surface area contributed by atoms with Crippen LogP contribution < -0.4 is 5.32 Å². The van der Waals surface area contributed by atoms with Gasteiger partial charge in [-0.05, 0) is 46.4 Å². The molecule has 4 nitrogen and oxygen atoms in total. The summed E-state index contributed by atoms with van der Waals surface area (Å²) in [6, 6.07) is 0.580. The van der Waals surface area contributed by atoms with Crippen molar-refractivity contribution in [3.8, 4) is 0 Å². The van der Waals surface area contributed by atoms with E-state index in [4.69, 9.17) is 4.74 Å². The van der Waals surface area contributed by atoms with E-state index >= 15 is 0 Å². The Balaban J connectivity index is 1.72. The molecule has 2 aliphatic heterocycles. The van der Waals surface area contributed by atoms with Crippen molar-refractivity contribution < 1.29 is 4.74 Å². The van der Waals surface area contributed by atoms with E-state index in [1.807, 2.05) is 0 Å². The van der Waals surface area contributed by atoms with Crippen LogP contribution in [0.5, 0.6) is 0 Å². The average molecular weight is 255 g/mol. The molecule has 0 aromatic rings. The third kappa shape index (κ3) is 3.92. The van der Waals surface area contributed by atoms with Crippen molar-refractivity contribution in [2.75, 3.05) is 60.5 Å². The third-order valence-corrected chi connectivity index (χ3v) is 4.47. The highest BCUT2D eigenvalue weighted by Gasteiger charge is 2.27. The van der Waals surface area contributed by atoms with Gasteiger partial charge in [-0.3, -0.25) is 0 Å². The van der Waals surface area contributed by atoms with Gasteiger partial charge < -0.3 is 19.9 Å². The number of likely N-dealkylation sites (N-methyl/N-ethyl adjacent to an activating group) is 2. The van der Waals surface area contributed by atoms with Crippen molar-refractivity contribution >= 4 is 0 Å². The van der Waals surface area contributed by atoms with Crippen LogP contribution >= 0.6 is 0 Å². The quantitative estimate of drug-likeness (QED) is 0.748. The molecule has 0 aromatic carbocycles. The van der Waals surface area contributed by atoms with Gasteiger partial charge in [0.1, 0.15) is 0 Å². The Kier molecular flexibility index (Phi) is 5.42. The molecular weight excluding hydrogens is 226 g/mol. The zero-order valence-corrected chi connectivity index (χ0v) is 12.2. The largest absolute Gasteiger partial charge is 0.381 e. The first-order chi connectivity index (χ1) is 8.69. The fraction of sp³-hybridized carbons (Fsp3) is 1.00. The molecule has 18 heavy (non-hydrogen) atoms. The number of ether oxygens (including phenoxy) is 1. The number of nitrogens with one attached hydrogen (secondary N) is 1. The van der Waals surface area contributed by atoms with E-state index in [2.05, 4.69) is 36.3 Å². The number of likely N-dealkylation sites (tertiary alicyclic amines) is 1. The number of hydrogen-bond acceptors (Lipinski definition) is 4. The number of nitrogens with zero attached hydrogens (tertiary/aromatic N) is 2. The lowest BCUT2D eigenvalue weighted by Gasteiger charge is -2.29. The van der Waals surface area contributed by atoms with Crippen LogP contribution in [0, 0.1) is 11.8 Å². The Morgan fingerprint density at radius 2 is 2.28 bits per heavy atom. The standard InChI is InChI=1S/C14H29N3O/c1-15-14(13-5-7-18-11-13)10-17(3)9-12-4-6-16(2)8-12/h12-15H,4-11H2,1-3H3. The lowest BCUT2D eigenvalue weighted by Crippen LogP contribution is -2.44. The van der Waals surface area contributed by atoms with E-state index in [0.29, 0.717) is 12.0 Å². The summed E-state index contributed by atoms with van der Waals surface area (Å²) in [6.45, 7) is 6.79. The highest BCUT2D eigenvalue weighted by molar-refractivity contribution is 4.82. The molecule has 0 spiro atoms. The summed E-state index contributed by atoms with van der Waals surface area (Å²) in [5.41, 5.74) is 0. The predicted octanol–water partition coefficient (Wildman–Crippen LogP) is 0.494. The molecule has 106 valence electrons. The van der Waals surface area contributed by atoms with Crippen molar-refractivity contribution in [2.45, 2.75) is 18.9 Å². The molecule has 2 rings (SSSR count). The summed E-state index contributed by atoms with van der Waals surface area (Å²) < 4.78 is 5.50. The highest BCUT2D eigenvalue weighted by Crippen LogP contribution is 2.19. The minimum absolute atomic E-state index is 0.580. The average Bonchev–Trinajstić information content (AvgIpc) is 2.98. The van der Waals surface area contributed by atoms with Crippen molar-refractivity contribution in [3.63, 3.8) is 0 Å². The topological polar surface area (TPSA) is 27.7 Å². The van der Waals surface area contributed by atoms with Crippen molar-refractivity contribution in [1.82, 2.24) is 15.1 Å². The molecule has 0 aliphatic carbocycles. The molecule has 0 bridgehead atoms. The maximum Gasteiger partial charge on any atom is 0.0510 e. The predicted molar refractivity (Wildman–Crippen MR) is 74.9 cm³/mol. The molecule has 0 aromatic heterocycles. The van der Waals surface area contributed by atoms with Gasteiger partial charge in [-0.2, -0.15) is 0 Å². The van der Waals surface area contributed by atoms with Crippen LogP contribution in [0.4, 0.5) is 0 Å². The van der Waals surface area contributed by atoms with E-state index in [0.717, 1.165) is 25.7 Å². The molecule has 2 heterocycles. The van der Waals surface area contributed by atoms with Gasteiger partial charge in [0.25, 0.3) is 0 Å². The molecule has 3 atom stereocenters. The molecule has 3 unspecified atom stereocenters. The van der Waals surface area contributed by atoms with E-state index in [-0.39, 0.29) is 0 Å². The molecule has 2 saturated heterocycles. The van der Waals surface area contributed by atoms with Crippen molar-refractivity contribution in [3.05, 3.63) is 0 Å². The summed E-state index contributed by atoms with van der Waals surface area (Å²) in [4.78, 5) is 4.95. The van der Waals surface area contributed by atoms with Crippen LogP contribution in [0.15, 0.2) is 0 Å². The summed E-state index contributed by atoms with van der Waals surface area (Å²) in [7, 11) is 6.57. The van der Waals surface area contributed by atoms with Gasteiger partial charge in [0, 0.05) is 38.2 Å². The Hall–Kier alpha value is -0.160. The normalized spacial score (nSPS) is 31.3. The van der Waals surface area contributed by atoms with Gasteiger partial charge in [0.2, 0.25) is 0 Å². The monoisotopic (exact) mass is 255 g/mol. The molecule has 0 radical (unpaired) electrons. The molecule has 0 amide bonds. The SMILES string of the molecule is CNC(CN(C)CC1CCN(C)C1)C1CCOC1. The lowest BCUT2D eigenvalue weighted by molar-refractivity contribution is 0.165. The fourth-order valence-electron chi connectivity index (χ4n) is 3.37. The first kappa shape index (κ1) is 14.3. The zero-order chi connectivity index (χ0) is 13.0. The van der Waals surface area contributed by atoms with Crippen LogP contribution in [0.2, 0.25) is 0 Å². The Labute approximate surface area is 112 Å². The second kappa shape index (κ2) is 6.85. The van der Waals surface area contributed by atoms with E-state index in [9.17, 15) is 0 Å². The minimum atomic E-state index is 0.580. The summed E-state index contributed by atoms with van der Waals surface area (Å²) >= 11 is 0. The molecule has 2 aliphatic rings. The van der Waals surface area contributed by atoms with Crippen LogP contribution in [-0.4, -0.2) is 76.4 Å². The van der Waals surface area contributed by atoms with E-state index in [1.54, 1.807) is 0 Å². The second-order valence-corrected chi connectivity index (χ2v) is 6.16. The van der Waals surface area contributed by atoms with Gasteiger partial charge in [-0.25, -0.2) is 0 Å². The number of rotatable bonds is 6. The summed E-state index contributed by atoms with van der Waals surface area (Å²) in [6.07, 6.45) is 2.57. The van der Waals surface area contributed by atoms with Crippen LogP contribution in [0.25, 0.3) is 0 Å². The molecule has 2 fully saturated rings.